The maximum atomic E-state index is 12.0. The predicted octanol–water partition coefficient (Wildman–Crippen LogP) is 2.97. The van der Waals surface area contributed by atoms with Gasteiger partial charge in [-0.05, 0) is 18.2 Å². The van der Waals surface area contributed by atoms with Gasteiger partial charge in [0.2, 0.25) is 0 Å². The van der Waals surface area contributed by atoms with Gasteiger partial charge in [0.25, 0.3) is 5.56 Å². The average Bonchev–Trinajstić information content (AvgIpc) is 2.51. The highest BCUT2D eigenvalue weighted by molar-refractivity contribution is 6.04. The molecule has 0 aliphatic carbocycles. The molecular weight excluding hydrogens is 268 g/mol. The highest BCUT2D eigenvalue weighted by Gasteiger charge is 2.16. The molecule has 0 radical (unpaired) electrons. The lowest BCUT2D eigenvalue weighted by atomic mass is 10.1. The van der Waals surface area contributed by atoms with Crippen LogP contribution >= 0.6 is 0 Å². The molecule has 0 saturated heterocycles. The van der Waals surface area contributed by atoms with E-state index in [1.807, 2.05) is 30.3 Å². The summed E-state index contributed by atoms with van der Waals surface area (Å²) in [5, 5.41) is 13.4. The second kappa shape index (κ2) is 5.13. The summed E-state index contributed by atoms with van der Waals surface area (Å²) >= 11 is 0. The molecule has 0 bridgehead atoms. The van der Waals surface area contributed by atoms with Crippen molar-refractivity contribution >= 4 is 28.1 Å². The first-order valence-electron chi connectivity index (χ1n) is 6.37. The number of carboxylic acid groups (broad SMARTS) is 1. The molecule has 0 amide bonds. The minimum Gasteiger partial charge on any atom is -0.477 e. The van der Waals surface area contributed by atoms with Crippen molar-refractivity contribution in [1.82, 2.24) is 4.98 Å². The summed E-state index contributed by atoms with van der Waals surface area (Å²) in [6, 6.07) is 16.1. The number of carbonyl (C=O) groups is 1. The fourth-order valence-electron chi connectivity index (χ4n) is 2.23. The molecule has 0 atom stereocenters. The van der Waals surface area contributed by atoms with Crippen molar-refractivity contribution in [3.8, 4) is 0 Å². The Morgan fingerprint density at radius 3 is 2.24 bits per heavy atom. The molecule has 0 aliphatic rings. The van der Waals surface area contributed by atoms with Gasteiger partial charge in [0.05, 0.1) is 5.69 Å². The van der Waals surface area contributed by atoms with E-state index in [9.17, 15) is 14.7 Å². The standard InChI is InChI=1S/C16H12N2O3/c19-15-12-9-5-4-8-11(12)13(14(18-15)16(20)21)17-10-6-2-1-3-7-10/h1-9,17H,(H,18,19)(H,20,21). The molecule has 3 N–H and O–H groups in total. The summed E-state index contributed by atoms with van der Waals surface area (Å²) < 4.78 is 0. The molecule has 1 aromatic heterocycles. The molecule has 21 heavy (non-hydrogen) atoms. The van der Waals surface area contributed by atoms with Crippen LogP contribution in [-0.4, -0.2) is 16.1 Å². The van der Waals surface area contributed by atoms with Crippen molar-refractivity contribution in [1.29, 1.82) is 0 Å². The van der Waals surface area contributed by atoms with E-state index >= 15 is 0 Å². The second-order valence-corrected chi connectivity index (χ2v) is 4.55. The molecule has 104 valence electrons. The largest absolute Gasteiger partial charge is 0.477 e. The van der Waals surface area contributed by atoms with Crippen molar-refractivity contribution in [2.45, 2.75) is 0 Å². The highest BCUT2D eigenvalue weighted by atomic mass is 16.4. The van der Waals surface area contributed by atoms with Gasteiger partial charge in [-0.3, -0.25) is 4.79 Å². The van der Waals surface area contributed by atoms with Gasteiger partial charge >= 0.3 is 5.97 Å². The number of aromatic carboxylic acids is 1. The van der Waals surface area contributed by atoms with E-state index in [2.05, 4.69) is 10.3 Å². The van der Waals surface area contributed by atoms with E-state index < -0.39 is 11.5 Å². The monoisotopic (exact) mass is 280 g/mol. The number of carboxylic acids is 1. The highest BCUT2D eigenvalue weighted by Crippen LogP contribution is 2.27. The zero-order valence-electron chi connectivity index (χ0n) is 11.0. The second-order valence-electron chi connectivity index (χ2n) is 4.55. The molecule has 3 aromatic rings. The van der Waals surface area contributed by atoms with Crippen LogP contribution in [0.25, 0.3) is 10.8 Å². The van der Waals surface area contributed by atoms with Crippen molar-refractivity contribution in [2.24, 2.45) is 0 Å². The lowest BCUT2D eigenvalue weighted by Crippen LogP contribution is -2.16. The van der Waals surface area contributed by atoms with Crippen molar-refractivity contribution < 1.29 is 9.90 Å². The number of anilines is 2. The molecule has 3 rings (SSSR count). The van der Waals surface area contributed by atoms with E-state index in [-0.39, 0.29) is 5.69 Å². The van der Waals surface area contributed by atoms with E-state index in [1.54, 1.807) is 24.3 Å². The van der Waals surface area contributed by atoms with E-state index in [0.717, 1.165) is 5.69 Å². The van der Waals surface area contributed by atoms with Crippen LogP contribution < -0.4 is 10.9 Å². The van der Waals surface area contributed by atoms with Crippen molar-refractivity contribution in [2.75, 3.05) is 5.32 Å². The maximum Gasteiger partial charge on any atom is 0.354 e. The topological polar surface area (TPSA) is 82.2 Å². The van der Waals surface area contributed by atoms with Crippen LogP contribution in [0.4, 0.5) is 11.4 Å². The fraction of sp³-hybridized carbons (Fsp3) is 0. The normalized spacial score (nSPS) is 10.5. The first kappa shape index (κ1) is 12.9. The van der Waals surface area contributed by atoms with Crippen molar-refractivity contribution in [3.05, 3.63) is 70.6 Å². The minimum absolute atomic E-state index is 0.150. The SMILES string of the molecule is O=C(O)c1[nH]c(=O)c2ccccc2c1Nc1ccccc1. The Balaban J connectivity index is 2.28. The Hall–Kier alpha value is -3.08. The van der Waals surface area contributed by atoms with Crippen LogP contribution in [0.15, 0.2) is 59.4 Å². The molecule has 0 aliphatic heterocycles. The Morgan fingerprint density at radius 1 is 0.952 bits per heavy atom. The van der Waals surface area contributed by atoms with Crippen LogP contribution in [-0.2, 0) is 0 Å². The van der Waals surface area contributed by atoms with Crippen LogP contribution in [0.3, 0.4) is 0 Å². The number of benzene rings is 2. The molecule has 0 unspecified atom stereocenters. The first-order chi connectivity index (χ1) is 10.2. The van der Waals surface area contributed by atoms with Crippen LogP contribution in [0, 0.1) is 0 Å². The number of hydrogen-bond acceptors (Lipinski definition) is 3. The average molecular weight is 280 g/mol. The molecule has 0 fully saturated rings. The molecule has 0 saturated carbocycles. The summed E-state index contributed by atoms with van der Waals surface area (Å²) in [6.07, 6.45) is 0. The number of fused-ring (bicyclic) bond motifs is 1. The van der Waals surface area contributed by atoms with Gasteiger partial charge in [-0.15, -0.1) is 0 Å². The number of aromatic amines is 1. The molecule has 5 nitrogen and oxygen atoms in total. The lowest BCUT2D eigenvalue weighted by molar-refractivity contribution is 0.0691. The van der Waals surface area contributed by atoms with Crippen LogP contribution in [0.1, 0.15) is 10.5 Å². The van der Waals surface area contributed by atoms with Gasteiger partial charge in [-0.25, -0.2) is 4.79 Å². The number of nitrogens with one attached hydrogen (secondary N) is 2. The number of H-pyrrole nitrogens is 1. The van der Waals surface area contributed by atoms with E-state index in [0.29, 0.717) is 16.5 Å². The molecule has 0 spiro atoms. The zero-order chi connectivity index (χ0) is 14.8. The van der Waals surface area contributed by atoms with Crippen LogP contribution in [0.5, 0.6) is 0 Å². The van der Waals surface area contributed by atoms with E-state index in [1.165, 1.54) is 0 Å². The Morgan fingerprint density at radius 2 is 1.57 bits per heavy atom. The Labute approximate surface area is 119 Å². The quantitative estimate of drug-likeness (QED) is 0.689. The van der Waals surface area contributed by atoms with Gasteiger partial charge in [0, 0.05) is 16.5 Å². The number of pyridine rings is 1. The van der Waals surface area contributed by atoms with Crippen molar-refractivity contribution in [3.63, 3.8) is 0 Å². The minimum atomic E-state index is -1.18. The van der Waals surface area contributed by atoms with E-state index in [4.69, 9.17) is 0 Å². The van der Waals surface area contributed by atoms with Gasteiger partial charge in [0.1, 0.15) is 0 Å². The first-order valence-corrected chi connectivity index (χ1v) is 6.37. The summed E-state index contributed by atoms with van der Waals surface area (Å²) in [4.78, 5) is 25.8. The molecule has 2 aromatic carbocycles. The summed E-state index contributed by atoms with van der Waals surface area (Å²) in [7, 11) is 0. The number of rotatable bonds is 3. The van der Waals surface area contributed by atoms with Crippen LogP contribution in [0.2, 0.25) is 0 Å². The van der Waals surface area contributed by atoms with Gasteiger partial charge < -0.3 is 15.4 Å². The Bertz CT molecular complexity index is 870. The molecular formula is C16H12N2O3. The summed E-state index contributed by atoms with van der Waals surface area (Å²) in [5.41, 5.74) is 0.560. The summed E-state index contributed by atoms with van der Waals surface area (Å²) in [6.45, 7) is 0. The maximum absolute atomic E-state index is 12.0. The lowest BCUT2D eigenvalue weighted by Gasteiger charge is -2.12. The smallest absolute Gasteiger partial charge is 0.354 e. The number of hydrogen-bond donors (Lipinski definition) is 3. The van der Waals surface area contributed by atoms with Gasteiger partial charge in [-0.2, -0.15) is 0 Å². The summed E-state index contributed by atoms with van der Waals surface area (Å²) in [5.74, 6) is -1.18. The van der Waals surface area contributed by atoms with Gasteiger partial charge in [0.15, 0.2) is 5.69 Å². The zero-order valence-corrected chi connectivity index (χ0v) is 11.0. The molecule has 5 heteroatoms. The predicted molar refractivity (Wildman–Crippen MR) is 81.3 cm³/mol. The number of para-hydroxylation sites is 1. The van der Waals surface area contributed by atoms with Gasteiger partial charge in [-0.1, -0.05) is 36.4 Å². The third-order valence-corrected chi connectivity index (χ3v) is 3.19. The number of aromatic nitrogens is 1. The third kappa shape index (κ3) is 2.36. The third-order valence-electron chi connectivity index (χ3n) is 3.19. The molecule has 1 heterocycles. The Kier molecular flexibility index (Phi) is 3.16. The fourth-order valence-corrected chi connectivity index (χ4v) is 2.23.